The topological polar surface area (TPSA) is 93.7 Å². The molecule has 1 aliphatic rings. The molecule has 10 heteroatoms. The molecule has 1 atom stereocenters. The van der Waals surface area contributed by atoms with E-state index >= 15 is 0 Å². The van der Waals surface area contributed by atoms with Crippen LogP contribution in [-0.2, 0) is 4.79 Å². The zero-order chi connectivity index (χ0) is 24.2. The Bertz CT molecular complexity index is 1330. The van der Waals surface area contributed by atoms with Crippen molar-refractivity contribution in [3.8, 4) is 11.5 Å². The van der Waals surface area contributed by atoms with E-state index in [1.54, 1.807) is 29.6 Å². The van der Waals surface area contributed by atoms with Gasteiger partial charge >= 0.3 is 0 Å². The van der Waals surface area contributed by atoms with Gasteiger partial charge in [0.2, 0.25) is 0 Å². The monoisotopic (exact) mass is 490 g/mol. The first-order chi connectivity index (χ1) is 17.1. The van der Waals surface area contributed by atoms with Crippen LogP contribution in [0.5, 0.6) is 11.5 Å². The molecule has 35 heavy (non-hydrogen) atoms. The van der Waals surface area contributed by atoms with Crippen LogP contribution in [0, 0.1) is 5.82 Å². The van der Waals surface area contributed by atoms with Gasteiger partial charge in [0.15, 0.2) is 11.5 Å². The lowest BCUT2D eigenvalue weighted by Crippen LogP contribution is -2.42. The number of anilines is 2. The average Bonchev–Trinajstić information content (AvgIpc) is 3.43. The van der Waals surface area contributed by atoms with E-state index < -0.39 is 23.7 Å². The molecule has 5 rings (SSSR count). The lowest BCUT2D eigenvalue weighted by molar-refractivity contribution is -0.117. The van der Waals surface area contributed by atoms with Crippen molar-refractivity contribution in [3.05, 3.63) is 95.0 Å². The molecule has 1 aliphatic heterocycles. The molecular formula is C25H19FN4O4S. The molecule has 0 saturated heterocycles. The van der Waals surface area contributed by atoms with E-state index in [1.807, 2.05) is 5.38 Å². The van der Waals surface area contributed by atoms with Gasteiger partial charge < -0.3 is 14.8 Å². The summed E-state index contributed by atoms with van der Waals surface area (Å²) in [7, 11) is 0. The summed E-state index contributed by atoms with van der Waals surface area (Å²) in [5.74, 6) is -0.418. The Hall–Kier alpha value is -4.31. The highest BCUT2D eigenvalue weighted by atomic mass is 32.1. The van der Waals surface area contributed by atoms with Crippen LogP contribution in [0.15, 0.2) is 77.9 Å². The summed E-state index contributed by atoms with van der Waals surface area (Å²) in [5, 5.41) is 6.41. The van der Waals surface area contributed by atoms with Gasteiger partial charge in [0.05, 0.1) is 6.20 Å². The summed E-state index contributed by atoms with van der Waals surface area (Å²) < 4.78 is 24.7. The molecule has 0 bridgehead atoms. The number of thiophene rings is 1. The van der Waals surface area contributed by atoms with Crippen molar-refractivity contribution >= 4 is 34.5 Å². The predicted octanol–water partition coefficient (Wildman–Crippen LogP) is 4.48. The second-order valence-electron chi connectivity index (χ2n) is 7.55. The zero-order valence-corrected chi connectivity index (χ0v) is 19.1. The molecule has 8 nitrogen and oxygen atoms in total. The van der Waals surface area contributed by atoms with Crippen molar-refractivity contribution in [1.29, 1.82) is 0 Å². The van der Waals surface area contributed by atoms with Crippen LogP contribution in [0.2, 0.25) is 0 Å². The number of halogens is 1. The molecule has 2 amide bonds. The van der Waals surface area contributed by atoms with Gasteiger partial charge in [-0.1, -0.05) is 0 Å². The number of carbonyl (C=O) groups excluding carboxylic acids is 2. The predicted molar refractivity (Wildman–Crippen MR) is 128 cm³/mol. The fraction of sp³-hybridized carbons (Fsp3) is 0.120. The Kier molecular flexibility index (Phi) is 6.36. The normalized spacial score (nSPS) is 13.1. The molecule has 0 aliphatic carbocycles. The van der Waals surface area contributed by atoms with Gasteiger partial charge in [-0.3, -0.25) is 19.5 Å². The quantitative estimate of drug-likeness (QED) is 0.429. The molecule has 4 aromatic rings. The summed E-state index contributed by atoms with van der Waals surface area (Å²) in [6.45, 7) is 0.791. The summed E-state index contributed by atoms with van der Waals surface area (Å²) in [6, 6.07) is 11.2. The number of ether oxygens (including phenoxy) is 2. The Morgan fingerprint density at radius 1 is 1.03 bits per heavy atom. The highest BCUT2D eigenvalue weighted by Gasteiger charge is 2.35. The highest BCUT2D eigenvalue weighted by molar-refractivity contribution is 7.08. The van der Waals surface area contributed by atoms with Gasteiger partial charge in [-0.25, -0.2) is 9.37 Å². The Balaban J connectivity index is 1.60. The number of nitrogens with one attached hydrogen (secondary N) is 1. The number of nitrogens with zero attached hydrogens (tertiary/aromatic N) is 3. The van der Waals surface area contributed by atoms with Crippen molar-refractivity contribution in [2.45, 2.75) is 6.04 Å². The molecule has 1 N–H and O–H groups in total. The molecule has 0 radical (unpaired) electrons. The summed E-state index contributed by atoms with van der Waals surface area (Å²) in [5.41, 5.74) is 1.47. The fourth-order valence-electron chi connectivity index (χ4n) is 3.69. The minimum absolute atomic E-state index is 0.0669. The standard InChI is InChI=1S/C25H19FN4O4S/c26-17-1-3-18(4-2-17)29-24(31)23(16-7-12-35-15-16)30(25(32)20-14-27-8-9-28-20)19-5-6-21-22(13-19)34-11-10-33-21/h1-9,12-15,23H,10-11H2,(H,29,31). The average molecular weight is 491 g/mol. The van der Waals surface area contributed by atoms with Crippen LogP contribution >= 0.6 is 11.3 Å². The van der Waals surface area contributed by atoms with Crippen LogP contribution in [-0.4, -0.2) is 35.0 Å². The number of hydrogen-bond donors (Lipinski definition) is 1. The largest absolute Gasteiger partial charge is 0.486 e. The summed E-state index contributed by atoms with van der Waals surface area (Å²) in [6.07, 6.45) is 4.21. The lowest BCUT2D eigenvalue weighted by atomic mass is 10.1. The maximum Gasteiger partial charge on any atom is 0.279 e. The van der Waals surface area contributed by atoms with Crippen molar-refractivity contribution in [1.82, 2.24) is 9.97 Å². The number of carbonyl (C=O) groups is 2. The minimum Gasteiger partial charge on any atom is -0.486 e. The van der Waals surface area contributed by atoms with Gasteiger partial charge in [-0.15, -0.1) is 0 Å². The van der Waals surface area contributed by atoms with Crippen LogP contribution in [0.1, 0.15) is 22.1 Å². The maximum atomic E-state index is 13.8. The molecule has 3 heterocycles. The van der Waals surface area contributed by atoms with Crippen molar-refractivity contribution in [3.63, 3.8) is 0 Å². The fourth-order valence-corrected chi connectivity index (χ4v) is 4.37. The van der Waals surface area contributed by atoms with Gasteiger partial charge in [0, 0.05) is 29.8 Å². The van der Waals surface area contributed by atoms with Gasteiger partial charge in [-0.05, 0) is 58.8 Å². The first kappa shape index (κ1) is 22.5. The van der Waals surface area contributed by atoms with Crippen LogP contribution in [0.25, 0.3) is 0 Å². The van der Waals surface area contributed by atoms with E-state index in [1.165, 1.54) is 59.1 Å². The summed E-state index contributed by atoms with van der Waals surface area (Å²) in [4.78, 5) is 36.9. The molecule has 0 fully saturated rings. The van der Waals surface area contributed by atoms with E-state index in [-0.39, 0.29) is 5.69 Å². The lowest BCUT2D eigenvalue weighted by Gasteiger charge is -2.31. The van der Waals surface area contributed by atoms with E-state index in [9.17, 15) is 14.0 Å². The molecule has 0 saturated carbocycles. The third kappa shape index (κ3) is 4.82. The van der Waals surface area contributed by atoms with Crippen LogP contribution in [0.4, 0.5) is 15.8 Å². The van der Waals surface area contributed by atoms with E-state index in [0.717, 1.165) is 0 Å². The highest BCUT2D eigenvalue weighted by Crippen LogP contribution is 2.38. The van der Waals surface area contributed by atoms with Gasteiger partial charge in [-0.2, -0.15) is 11.3 Å². The minimum atomic E-state index is -1.07. The van der Waals surface area contributed by atoms with E-state index in [2.05, 4.69) is 15.3 Å². The van der Waals surface area contributed by atoms with Crippen molar-refractivity contribution < 1.29 is 23.5 Å². The van der Waals surface area contributed by atoms with Crippen molar-refractivity contribution in [2.75, 3.05) is 23.4 Å². The Morgan fingerprint density at radius 2 is 1.83 bits per heavy atom. The second kappa shape index (κ2) is 9.90. The number of fused-ring (bicyclic) bond motifs is 1. The number of amides is 2. The first-order valence-corrected chi connectivity index (χ1v) is 11.6. The van der Waals surface area contributed by atoms with E-state index in [0.29, 0.717) is 41.7 Å². The molecule has 1 unspecified atom stereocenters. The number of benzene rings is 2. The van der Waals surface area contributed by atoms with Gasteiger partial charge in [0.1, 0.15) is 30.8 Å². The molecule has 2 aromatic carbocycles. The number of rotatable bonds is 6. The number of hydrogen-bond acceptors (Lipinski definition) is 7. The Labute approximate surface area is 204 Å². The molecule has 0 spiro atoms. The molecule has 176 valence electrons. The smallest absolute Gasteiger partial charge is 0.279 e. The Morgan fingerprint density at radius 3 is 2.54 bits per heavy atom. The molecule has 2 aromatic heterocycles. The molecular weight excluding hydrogens is 471 g/mol. The third-order valence-electron chi connectivity index (χ3n) is 5.28. The number of aromatic nitrogens is 2. The zero-order valence-electron chi connectivity index (χ0n) is 18.3. The van der Waals surface area contributed by atoms with Crippen LogP contribution < -0.4 is 19.7 Å². The van der Waals surface area contributed by atoms with Crippen molar-refractivity contribution in [2.24, 2.45) is 0 Å². The van der Waals surface area contributed by atoms with Crippen LogP contribution in [0.3, 0.4) is 0 Å². The first-order valence-electron chi connectivity index (χ1n) is 10.7. The summed E-state index contributed by atoms with van der Waals surface area (Å²) >= 11 is 1.40. The maximum absolute atomic E-state index is 13.8. The van der Waals surface area contributed by atoms with E-state index in [4.69, 9.17) is 9.47 Å². The second-order valence-corrected chi connectivity index (χ2v) is 8.33. The third-order valence-corrected chi connectivity index (χ3v) is 5.98. The van der Waals surface area contributed by atoms with Gasteiger partial charge in [0.25, 0.3) is 11.8 Å². The SMILES string of the molecule is O=C(Nc1ccc(F)cc1)C(c1ccsc1)N(C(=O)c1cnccn1)c1ccc2c(c1)OCCO2.